The summed E-state index contributed by atoms with van der Waals surface area (Å²) in [5, 5.41) is 4.38. The third-order valence-corrected chi connectivity index (χ3v) is 3.69. The normalized spacial score (nSPS) is 12.1. The van der Waals surface area contributed by atoms with Gasteiger partial charge in [-0.2, -0.15) is 5.10 Å². The number of nitrogens with zero attached hydrogens (tertiary/aromatic N) is 3. The van der Waals surface area contributed by atoms with Crippen LogP contribution in [0.15, 0.2) is 36.5 Å². The molecule has 1 atom stereocenters. The molecular formula is C16H22N4O. The number of benzene rings is 1. The highest BCUT2D eigenvalue weighted by atomic mass is 16.2. The number of nitrogens with two attached hydrogens (primary N) is 1. The van der Waals surface area contributed by atoms with E-state index in [-0.39, 0.29) is 11.9 Å². The summed E-state index contributed by atoms with van der Waals surface area (Å²) in [4.78, 5) is 14.3. The van der Waals surface area contributed by atoms with Crippen LogP contribution in [0.3, 0.4) is 0 Å². The van der Waals surface area contributed by atoms with Crippen LogP contribution in [0.4, 0.5) is 5.69 Å². The second-order valence-corrected chi connectivity index (χ2v) is 5.09. The van der Waals surface area contributed by atoms with Crippen LogP contribution in [0.1, 0.15) is 37.7 Å². The summed E-state index contributed by atoms with van der Waals surface area (Å²) >= 11 is 0. The molecule has 1 aromatic carbocycles. The highest BCUT2D eigenvalue weighted by Gasteiger charge is 2.20. The molecule has 0 aliphatic carbocycles. The van der Waals surface area contributed by atoms with E-state index in [1.54, 1.807) is 16.9 Å². The van der Waals surface area contributed by atoms with E-state index in [4.69, 9.17) is 5.73 Å². The van der Waals surface area contributed by atoms with Crippen molar-refractivity contribution >= 4 is 11.6 Å². The number of amides is 1. The lowest BCUT2D eigenvalue weighted by molar-refractivity contribution is 0.0693. The van der Waals surface area contributed by atoms with Crippen molar-refractivity contribution in [2.75, 3.05) is 12.3 Å². The van der Waals surface area contributed by atoms with Crippen LogP contribution in [-0.4, -0.2) is 33.2 Å². The third kappa shape index (κ3) is 3.24. The van der Waals surface area contributed by atoms with Crippen molar-refractivity contribution in [3.05, 3.63) is 42.2 Å². The highest BCUT2D eigenvalue weighted by molar-refractivity contribution is 5.92. The van der Waals surface area contributed by atoms with Crippen molar-refractivity contribution in [3.8, 4) is 5.69 Å². The van der Waals surface area contributed by atoms with E-state index in [9.17, 15) is 4.79 Å². The number of hydrogen-bond acceptors (Lipinski definition) is 3. The Morgan fingerprint density at radius 2 is 1.95 bits per heavy atom. The lowest BCUT2D eigenvalue weighted by atomic mass is 10.2. The third-order valence-electron chi connectivity index (χ3n) is 3.69. The molecule has 0 spiro atoms. The van der Waals surface area contributed by atoms with Crippen molar-refractivity contribution in [1.29, 1.82) is 0 Å². The molecule has 5 heteroatoms. The van der Waals surface area contributed by atoms with Crippen molar-refractivity contribution in [3.63, 3.8) is 0 Å². The van der Waals surface area contributed by atoms with Crippen molar-refractivity contribution < 1.29 is 4.79 Å². The average molecular weight is 286 g/mol. The summed E-state index contributed by atoms with van der Waals surface area (Å²) in [5.74, 6) is -0.0268. The van der Waals surface area contributed by atoms with Crippen molar-refractivity contribution in [2.45, 2.75) is 33.2 Å². The molecule has 0 aliphatic rings. The second kappa shape index (κ2) is 6.43. The Bertz CT molecular complexity index is 603. The fourth-order valence-corrected chi connectivity index (χ4v) is 2.23. The van der Waals surface area contributed by atoms with Gasteiger partial charge in [0.1, 0.15) is 0 Å². The minimum Gasteiger partial charge on any atom is -0.399 e. The SMILES string of the molecule is CCC(C)N(CC)C(=O)c1ccn(-c2ccc(N)cc2)n1. The Labute approximate surface area is 125 Å². The zero-order chi connectivity index (χ0) is 15.4. The van der Waals surface area contributed by atoms with Gasteiger partial charge in [0.25, 0.3) is 5.91 Å². The molecule has 1 amide bonds. The summed E-state index contributed by atoms with van der Waals surface area (Å²) in [6, 6.07) is 9.35. The number of anilines is 1. The number of hydrogen-bond donors (Lipinski definition) is 1. The molecule has 0 aliphatic heterocycles. The molecule has 0 bridgehead atoms. The maximum absolute atomic E-state index is 12.5. The van der Waals surface area contributed by atoms with Gasteiger partial charge in [-0.3, -0.25) is 4.79 Å². The Balaban J connectivity index is 2.22. The molecule has 0 saturated heterocycles. The molecule has 112 valence electrons. The Kier molecular flexibility index (Phi) is 4.62. The zero-order valence-electron chi connectivity index (χ0n) is 12.8. The summed E-state index contributed by atoms with van der Waals surface area (Å²) < 4.78 is 1.69. The van der Waals surface area contributed by atoms with Gasteiger partial charge in [-0.25, -0.2) is 4.68 Å². The first-order valence-corrected chi connectivity index (χ1v) is 7.29. The van der Waals surface area contributed by atoms with Gasteiger partial charge >= 0.3 is 0 Å². The van der Waals surface area contributed by atoms with E-state index in [0.717, 1.165) is 12.1 Å². The van der Waals surface area contributed by atoms with Gasteiger partial charge in [-0.15, -0.1) is 0 Å². The van der Waals surface area contributed by atoms with Crippen molar-refractivity contribution in [1.82, 2.24) is 14.7 Å². The first-order valence-electron chi connectivity index (χ1n) is 7.29. The fraction of sp³-hybridized carbons (Fsp3) is 0.375. The summed E-state index contributed by atoms with van der Waals surface area (Å²) in [6.45, 7) is 6.80. The van der Waals surface area contributed by atoms with E-state index in [0.29, 0.717) is 17.9 Å². The lowest BCUT2D eigenvalue weighted by Crippen LogP contribution is -2.38. The van der Waals surface area contributed by atoms with E-state index in [1.807, 2.05) is 36.1 Å². The molecule has 2 aromatic rings. The van der Waals surface area contributed by atoms with Crippen LogP contribution in [0, 0.1) is 0 Å². The van der Waals surface area contributed by atoms with Crippen LogP contribution in [0.5, 0.6) is 0 Å². The van der Waals surface area contributed by atoms with Gasteiger partial charge in [0.2, 0.25) is 0 Å². The Hall–Kier alpha value is -2.30. The second-order valence-electron chi connectivity index (χ2n) is 5.09. The number of nitrogen functional groups attached to an aromatic ring is 1. The molecule has 1 unspecified atom stereocenters. The van der Waals surface area contributed by atoms with Gasteiger partial charge in [0.15, 0.2) is 5.69 Å². The minimum atomic E-state index is -0.0268. The fourth-order valence-electron chi connectivity index (χ4n) is 2.23. The summed E-state index contributed by atoms with van der Waals surface area (Å²) in [7, 11) is 0. The molecule has 21 heavy (non-hydrogen) atoms. The van der Waals surface area contributed by atoms with Crippen LogP contribution < -0.4 is 5.73 Å². The maximum atomic E-state index is 12.5. The van der Waals surface area contributed by atoms with Gasteiger partial charge in [0.05, 0.1) is 5.69 Å². The van der Waals surface area contributed by atoms with Crippen molar-refractivity contribution in [2.24, 2.45) is 0 Å². The number of aromatic nitrogens is 2. The molecule has 0 saturated carbocycles. The topological polar surface area (TPSA) is 64.2 Å². The van der Waals surface area contributed by atoms with E-state index < -0.39 is 0 Å². The van der Waals surface area contributed by atoms with Crippen LogP contribution >= 0.6 is 0 Å². The molecule has 5 nitrogen and oxygen atoms in total. The van der Waals surface area contributed by atoms with Gasteiger partial charge in [-0.1, -0.05) is 6.92 Å². The first-order chi connectivity index (χ1) is 10.1. The molecule has 0 fully saturated rings. The first kappa shape index (κ1) is 15.1. The van der Waals surface area contributed by atoms with Gasteiger partial charge in [0, 0.05) is 24.5 Å². The molecule has 2 N–H and O–H groups in total. The smallest absolute Gasteiger partial charge is 0.274 e. The van der Waals surface area contributed by atoms with E-state index >= 15 is 0 Å². The monoisotopic (exact) mass is 286 g/mol. The quantitative estimate of drug-likeness (QED) is 0.859. The van der Waals surface area contributed by atoms with Gasteiger partial charge in [-0.05, 0) is 50.6 Å². The summed E-state index contributed by atoms with van der Waals surface area (Å²) in [6.07, 6.45) is 2.72. The predicted molar refractivity (Wildman–Crippen MR) is 84.4 cm³/mol. The Morgan fingerprint density at radius 1 is 1.29 bits per heavy atom. The van der Waals surface area contributed by atoms with Gasteiger partial charge < -0.3 is 10.6 Å². The largest absolute Gasteiger partial charge is 0.399 e. The molecular weight excluding hydrogens is 264 g/mol. The molecule has 1 heterocycles. The maximum Gasteiger partial charge on any atom is 0.274 e. The average Bonchev–Trinajstić information content (AvgIpc) is 2.98. The lowest BCUT2D eigenvalue weighted by Gasteiger charge is -2.26. The minimum absolute atomic E-state index is 0.0268. The molecule has 1 aromatic heterocycles. The van der Waals surface area contributed by atoms with E-state index in [2.05, 4.69) is 18.9 Å². The van der Waals surface area contributed by atoms with Crippen LogP contribution in [-0.2, 0) is 0 Å². The van der Waals surface area contributed by atoms with E-state index in [1.165, 1.54) is 0 Å². The molecule has 0 radical (unpaired) electrons. The standard InChI is InChI=1S/C16H22N4O/c1-4-12(3)19(5-2)16(21)15-10-11-20(18-15)14-8-6-13(17)7-9-14/h6-12H,4-5,17H2,1-3H3. The molecule has 2 rings (SSSR count). The number of carbonyl (C=O) groups is 1. The Morgan fingerprint density at radius 3 is 2.52 bits per heavy atom. The van der Waals surface area contributed by atoms with Crippen LogP contribution in [0.2, 0.25) is 0 Å². The highest BCUT2D eigenvalue weighted by Crippen LogP contribution is 2.13. The van der Waals surface area contributed by atoms with Crippen LogP contribution in [0.25, 0.3) is 5.69 Å². The zero-order valence-corrected chi connectivity index (χ0v) is 12.8. The number of rotatable bonds is 5. The summed E-state index contributed by atoms with van der Waals surface area (Å²) in [5.41, 5.74) is 7.73. The number of carbonyl (C=O) groups excluding carboxylic acids is 1. The predicted octanol–water partition coefficient (Wildman–Crippen LogP) is 2.72.